The summed E-state index contributed by atoms with van der Waals surface area (Å²) in [6, 6.07) is 0.0775. The molecule has 0 saturated carbocycles. The van der Waals surface area contributed by atoms with Crippen molar-refractivity contribution in [3.63, 3.8) is 0 Å². The number of carbonyl (C=O) groups excluding carboxylic acids is 1. The molecule has 0 radical (unpaired) electrons. The summed E-state index contributed by atoms with van der Waals surface area (Å²) >= 11 is 1.65. The van der Waals surface area contributed by atoms with Crippen LogP contribution in [0, 0.1) is 0 Å². The zero-order valence-corrected chi connectivity index (χ0v) is 11.5. The number of thiazole rings is 1. The fourth-order valence-corrected chi connectivity index (χ4v) is 3.61. The van der Waals surface area contributed by atoms with Crippen molar-refractivity contribution in [2.45, 2.75) is 31.5 Å². The number of nitrogens with one attached hydrogen (secondary N) is 1. The summed E-state index contributed by atoms with van der Waals surface area (Å²) in [5.74, 6) is 0.180. The first-order valence-corrected chi connectivity index (χ1v) is 7.17. The van der Waals surface area contributed by atoms with Gasteiger partial charge in [0.15, 0.2) is 5.13 Å². The Balaban J connectivity index is 1.85. The van der Waals surface area contributed by atoms with Crippen LogP contribution in [0.5, 0.6) is 0 Å². The molecule has 5 nitrogen and oxygen atoms in total. The van der Waals surface area contributed by atoms with Crippen molar-refractivity contribution >= 4 is 22.4 Å². The molecule has 0 bridgehead atoms. The van der Waals surface area contributed by atoms with Crippen molar-refractivity contribution in [1.82, 2.24) is 15.2 Å². The third-order valence-corrected chi connectivity index (χ3v) is 4.84. The summed E-state index contributed by atoms with van der Waals surface area (Å²) in [6.07, 6.45) is 5.26. The highest BCUT2D eigenvalue weighted by molar-refractivity contribution is 7.15. The lowest BCUT2D eigenvalue weighted by atomic mass is 10.0. The molecule has 2 fully saturated rings. The van der Waals surface area contributed by atoms with Crippen molar-refractivity contribution in [2.24, 2.45) is 0 Å². The van der Waals surface area contributed by atoms with Gasteiger partial charge in [0.05, 0.1) is 10.9 Å². The molecule has 0 spiro atoms. The first-order valence-electron chi connectivity index (χ1n) is 6.36. The Morgan fingerprint density at radius 2 is 2.33 bits per heavy atom. The number of aromatic nitrogens is 1. The molecule has 2 atom stereocenters. The quantitative estimate of drug-likeness (QED) is 0.873. The van der Waals surface area contributed by atoms with Crippen LogP contribution in [0.25, 0.3) is 0 Å². The Morgan fingerprint density at radius 3 is 3.06 bits per heavy atom. The van der Waals surface area contributed by atoms with Gasteiger partial charge >= 0.3 is 0 Å². The predicted octanol–water partition coefficient (Wildman–Crippen LogP) is 1.19. The fourth-order valence-electron chi connectivity index (χ4n) is 2.70. The summed E-state index contributed by atoms with van der Waals surface area (Å²) < 4.78 is 0. The van der Waals surface area contributed by atoms with Crippen LogP contribution in [-0.4, -0.2) is 42.5 Å². The molecule has 2 saturated heterocycles. The first kappa shape index (κ1) is 11.9. The molecule has 1 N–H and O–H groups in total. The van der Waals surface area contributed by atoms with Crippen molar-refractivity contribution in [3.05, 3.63) is 11.1 Å². The van der Waals surface area contributed by atoms with Gasteiger partial charge in [0, 0.05) is 26.8 Å². The smallest absolute Gasteiger partial charge is 0.238 e. The molecule has 2 aliphatic rings. The van der Waals surface area contributed by atoms with Crippen molar-refractivity contribution in [2.75, 3.05) is 25.5 Å². The predicted molar refractivity (Wildman–Crippen MR) is 71.7 cm³/mol. The molecule has 1 amide bonds. The van der Waals surface area contributed by atoms with Gasteiger partial charge < -0.3 is 10.2 Å². The zero-order valence-electron chi connectivity index (χ0n) is 10.7. The Morgan fingerprint density at radius 1 is 1.50 bits per heavy atom. The van der Waals surface area contributed by atoms with Gasteiger partial charge in [-0.1, -0.05) is 17.8 Å². The largest absolute Gasteiger partial charge is 0.354 e. The third-order valence-electron chi connectivity index (χ3n) is 3.62. The SMILES string of the molecule is CN(C)c1ncc([C@H]2NC(=O)[C@@H]3CCCCN23)s1. The lowest BCUT2D eigenvalue weighted by molar-refractivity contribution is -0.122. The minimum atomic E-state index is 0.0361. The molecule has 0 unspecified atom stereocenters. The van der Waals surface area contributed by atoms with Crippen LogP contribution >= 0.6 is 11.3 Å². The van der Waals surface area contributed by atoms with Crippen molar-refractivity contribution < 1.29 is 4.79 Å². The van der Waals surface area contributed by atoms with E-state index in [9.17, 15) is 4.79 Å². The van der Waals surface area contributed by atoms with Gasteiger partial charge in [0.2, 0.25) is 5.91 Å². The second kappa shape index (κ2) is 4.51. The normalized spacial score (nSPS) is 28.0. The number of carbonyl (C=O) groups is 1. The number of anilines is 1. The number of rotatable bonds is 2. The second-order valence-corrected chi connectivity index (χ2v) is 6.14. The van der Waals surface area contributed by atoms with Gasteiger partial charge in [-0.2, -0.15) is 0 Å². The fraction of sp³-hybridized carbons (Fsp3) is 0.667. The van der Waals surface area contributed by atoms with Crippen LogP contribution in [0.2, 0.25) is 0 Å². The first-order chi connectivity index (χ1) is 8.66. The van der Waals surface area contributed by atoms with E-state index in [1.54, 1.807) is 11.3 Å². The van der Waals surface area contributed by atoms with Gasteiger partial charge in [-0.25, -0.2) is 4.98 Å². The number of hydrogen-bond acceptors (Lipinski definition) is 5. The van der Waals surface area contributed by atoms with Crippen molar-refractivity contribution in [3.8, 4) is 0 Å². The van der Waals surface area contributed by atoms with Gasteiger partial charge in [0.1, 0.15) is 6.17 Å². The van der Waals surface area contributed by atoms with E-state index >= 15 is 0 Å². The van der Waals surface area contributed by atoms with Gasteiger partial charge in [-0.15, -0.1) is 0 Å². The lowest BCUT2D eigenvalue weighted by Gasteiger charge is -2.30. The Bertz CT molecular complexity index is 459. The third kappa shape index (κ3) is 1.89. The maximum atomic E-state index is 12.0. The molecule has 1 aromatic heterocycles. The topological polar surface area (TPSA) is 48.5 Å². The molecule has 2 aliphatic heterocycles. The van der Waals surface area contributed by atoms with Gasteiger partial charge in [0.25, 0.3) is 0 Å². The molecule has 3 heterocycles. The Hall–Kier alpha value is -1.14. The van der Waals surface area contributed by atoms with Crippen LogP contribution in [0.3, 0.4) is 0 Å². The van der Waals surface area contributed by atoms with Crippen LogP contribution in [0.15, 0.2) is 6.20 Å². The summed E-state index contributed by atoms with van der Waals surface area (Å²) in [6.45, 7) is 1.00. The highest BCUT2D eigenvalue weighted by atomic mass is 32.1. The van der Waals surface area contributed by atoms with E-state index < -0.39 is 0 Å². The Kier molecular flexibility index (Phi) is 2.99. The summed E-state index contributed by atoms with van der Waals surface area (Å²) in [7, 11) is 3.97. The van der Waals surface area contributed by atoms with E-state index in [1.807, 2.05) is 25.2 Å². The molecule has 0 aliphatic carbocycles. The van der Waals surface area contributed by atoms with E-state index in [2.05, 4.69) is 15.2 Å². The van der Waals surface area contributed by atoms with Crippen LogP contribution < -0.4 is 10.2 Å². The molecule has 6 heteroatoms. The summed E-state index contributed by atoms with van der Waals surface area (Å²) in [5.41, 5.74) is 0. The number of hydrogen-bond donors (Lipinski definition) is 1. The van der Waals surface area contributed by atoms with Crippen LogP contribution in [0.4, 0.5) is 5.13 Å². The molecule has 18 heavy (non-hydrogen) atoms. The Labute approximate surface area is 111 Å². The molecule has 3 rings (SSSR count). The van der Waals surface area contributed by atoms with Crippen LogP contribution in [0.1, 0.15) is 30.3 Å². The van der Waals surface area contributed by atoms with E-state index in [1.165, 1.54) is 6.42 Å². The number of amides is 1. The summed E-state index contributed by atoms with van der Waals surface area (Å²) in [5, 5.41) is 4.09. The van der Waals surface area contributed by atoms with E-state index in [-0.39, 0.29) is 18.1 Å². The molecule has 98 valence electrons. The number of nitrogens with zero attached hydrogens (tertiary/aromatic N) is 3. The summed E-state index contributed by atoms with van der Waals surface area (Å²) in [4.78, 5) is 21.8. The number of fused-ring (bicyclic) bond motifs is 1. The standard InChI is InChI=1S/C12H18N4OS/c1-15(2)12-13-7-9(18-12)10-14-11(17)8-5-3-4-6-16(8)10/h7-8,10H,3-6H2,1-2H3,(H,14,17)/t8-,10-/m0/s1. The zero-order chi connectivity index (χ0) is 12.7. The van der Waals surface area contributed by atoms with E-state index in [0.717, 1.165) is 29.4 Å². The minimum Gasteiger partial charge on any atom is -0.354 e. The second-order valence-electron chi connectivity index (χ2n) is 5.10. The molecular formula is C12H18N4OS. The monoisotopic (exact) mass is 266 g/mol. The average Bonchev–Trinajstić information content (AvgIpc) is 2.95. The highest BCUT2D eigenvalue weighted by Crippen LogP contribution is 2.35. The van der Waals surface area contributed by atoms with E-state index in [4.69, 9.17) is 0 Å². The maximum Gasteiger partial charge on any atom is 0.238 e. The highest BCUT2D eigenvalue weighted by Gasteiger charge is 2.42. The molecular weight excluding hydrogens is 248 g/mol. The van der Waals surface area contributed by atoms with Crippen molar-refractivity contribution in [1.29, 1.82) is 0 Å². The number of piperidine rings is 1. The molecule has 0 aromatic carbocycles. The van der Waals surface area contributed by atoms with Gasteiger partial charge in [-0.3, -0.25) is 9.69 Å². The minimum absolute atomic E-state index is 0.0361. The van der Waals surface area contributed by atoms with Crippen LogP contribution in [-0.2, 0) is 4.79 Å². The average molecular weight is 266 g/mol. The molecule has 1 aromatic rings. The van der Waals surface area contributed by atoms with E-state index in [0.29, 0.717) is 0 Å². The lowest BCUT2D eigenvalue weighted by Crippen LogP contribution is -2.38. The maximum absolute atomic E-state index is 12.0. The van der Waals surface area contributed by atoms with Gasteiger partial charge in [-0.05, 0) is 12.8 Å².